The highest BCUT2D eigenvalue weighted by molar-refractivity contribution is 6.33. The second-order valence-corrected chi connectivity index (χ2v) is 6.94. The monoisotopic (exact) mass is 294 g/mol. The summed E-state index contributed by atoms with van der Waals surface area (Å²) in [7, 11) is 0. The van der Waals surface area contributed by atoms with Crippen molar-refractivity contribution < 1.29 is 0 Å². The summed E-state index contributed by atoms with van der Waals surface area (Å²) in [6, 6.07) is 7.07. The van der Waals surface area contributed by atoms with E-state index in [9.17, 15) is 0 Å². The van der Waals surface area contributed by atoms with E-state index in [-0.39, 0.29) is 6.04 Å². The zero-order valence-corrected chi connectivity index (χ0v) is 13.7. The quantitative estimate of drug-likeness (QED) is 0.815. The summed E-state index contributed by atoms with van der Waals surface area (Å²) in [5, 5.41) is 0.874. The average molecular weight is 295 g/mol. The minimum absolute atomic E-state index is 0.165. The molecule has 3 heteroatoms. The molecule has 112 valence electrons. The summed E-state index contributed by atoms with van der Waals surface area (Å²) in [5.74, 6) is 0.718. The van der Waals surface area contributed by atoms with Gasteiger partial charge in [-0.1, -0.05) is 37.6 Å². The predicted molar refractivity (Wildman–Crippen MR) is 88.6 cm³/mol. The number of para-hydroxylation sites is 1. The molecule has 0 bridgehead atoms. The molecule has 20 heavy (non-hydrogen) atoms. The molecule has 1 fully saturated rings. The van der Waals surface area contributed by atoms with Crippen molar-refractivity contribution in [3.63, 3.8) is 0 Å². The molecule has 0 radical (unpaired) electrons. The third-order valence-corrected chi connectivity index (χ3v) is 4.14. The van der Waals surface area contributed by atoms with Crippen molar-refractivity contribution in [3.05, 3.63) is 28.8 Å². The molecule has 1 aromatic carbocycles. The van der Waals surface area contributed by atoms with E-state index in [1.165, 1.54) is 30.5 Å². The summed E-state index contributed by atoms with van der Waals surface area (Å²) in [6.45, 7) is 7.71. The van der Waals surface area contributed by atoms with Crippen LogP contribution in [0.5, 0.6) is 0 Å². The summed E-state index contributed by atoms with van der Waals surface area (Å²) < 4.78 is 0. The lowest BCUT2D eigenvalue weighted by molar-refractivity contribution is 0.569. The lowest BCUT2D eigenvalue weighted by Gasteiger charge is -2.29. The van der Waals surface area contributed by atoms with Gasteiger partial charge < -0.3 is 10.6 Å². The molecule has 2 rings (SSSR count). The van der Waals surface area contributed by atoms with Crippen LogP contribution in [0.3, 0.4) is 0 Å². The molecule has 0 amide bonds. The third kappa shape index (κ3) is 4.13. The number of halogens is 1. The van der Waals surface area contributed by atoms with Gasteiger partial charge in [0.05, 0.1) is 10.7 Å². The molecule has 1 aliphatic rings. The first-order valence-electron chi connectivity index (χ1n) is 7.78. The highest BCUT2D eigenvalue weighted by atomic mass is 35.5. The van der Waals surface area contributed by atoms with Crippen LogP contribution in [0.15, 0.2) is 18.2 Å². The molecule has 0 spiro atoms. The molecule has 1 saturated carbocycles. The number of rotatable bonds is 7. The van der Waals surface area contributed by atoms with E-state index >= 15 is 0 Å². The van der Waals surface area contributed by atoms with Crippen molar-refractivity contribution >= 4 is 17.3 Å². The van der Waals surface area contributed by atoms with Gasteiger partial charge in [0, 0.05) is 18.6 Å². The van der Waals surface area contributed by atoms with E-state index < -0.39 is 0 Å². The van der Waals surface area contributed by atoms with Gasteiger partial charge >= 0.3 is 0 Å². The van der Waals surface area contributed by atoms with Crippen LogP contribution in [0.1, 0.15) is 45.6 Å². The van der Waals surface area contributed by atoms with Gasteiger partial charge in [0.25, 0.3) is 0 Å². The summed E-state index contributed by atoms with van der Waals surface area (Å²) >= 11 is 6.51. The smallest absolute Gasteiger partial charge is 0.0642 e. The minimum Gasteiger partial charge on any atom is -0.367 e. The van der Waals surface area contributed by atoms with Crippen molar-refractivity contribution in [1.82, 2.24) is 0 Å². The number of hydrogen-bond acceptors (Lipinski definition) is 2. The maximum Gasteiger partial charge on any atom is 0.0642 e. The molecule has 1 atom stereocenters. The van der Waals surface area contributed by atoms with Gasteiger partial charge in [-0.15, -0.1) is 0 Å². The molecular formula is C17H27ClN2. The Morgan fingerprint density at radius 3 is 2.55 bits per heavy atom. The standard InChI is InChI=1S/C17H27ClN2/c1-12(2)9-10-20(15-7-8-15)17-14(11-13(3)19)5-4-6-16(17)18/h4-6,12-13,15H,7-11,19H2,1-3H3. The Kier molecular flexibility index (Phi) is 5.34. The SMILES string of the molecule is CC(C)CCN(c1c(Cl)cccc1CC(C)N)C1CC1. The van der Waals surface area contributed by atoms with Crippen LogP contribution < -0.4 is 10.6 Å². The van der Waals surface area contributed by atoms with Gasteiger partial charge in [0.2, 0.25) is 0 Å². The first-order chi connectivity index (χ1) is 9.49. The average Bonchev–Trinajstić information content (AvgIpc) is 3.15. The lowest BCUT2D eigenvalue weighted by Crippen LogP contribution is -2.30. The second kappa shape index (κ2) is 6.82. The van der Waals surface area contributed by atoms with Crippen LogP contribution in [0.2, 0.25) is 5.02 Å². The highest BCUT2D eigenvalue weighted by Crippen LogP contribution is 2.38. The number of benzene rings is 1. The lowest BCUT2D eigenvalue weighted by atomic mass is 10.0. The van der Waals surface area contributed by atoms with Crippen LogP contribution in [-0.4, -0.2) is 18.6 Å². The van der Waals surface area contributed by atoms with Crippen LogP contribution >= 0.6 is 11.6 Å². The maximum absolute atomic E-state index is 6.51. The van der Waals surface area contributed by atoms with Crippen LogP contribution in [-0.2, 0) is 6.42 Å². The molecule has 1 aromatic rings. The fourth-order valence-electron chi connectivity index (χ4n) is 2.65. The fourth-order valence-corrected chi connectivity index (χ4v) is 2.96. The zero-order valence-electron chi connectivity index (χ0n) is 12.9. The highest BCUT2D eigenvalue weighted by Gasteiger charge is 2.31. The number of anilines is 1. The van der Waals surface area contributed by atoms with Crippen LogP contribution in [0.25, 0.3) is 0 Å². The largest absolute Gasteiger partial charge is 0.367 e. The third-order valence-electron chi connectivity index (χ3n) is 3.83. The van der Waals surface area contributed by atoms with E-state index in [0.717, 1.165) is 23.9 Å². The summed E-state index contributed by atoms with van der Waals surface area (Å²) in [4.78, 5) is 2.53. The Morgan fingerprint density at radius 1 is 1.30 bits per heavy atom. The van der Waals surface area contributed by atoms with E-state index in [2.05, 4.69) is 31.7 Å². The number of hydrogen-bond donors (Lipinski definition) is 1. The van der Waals surface area contributed by atoms with Crippen molar-refractivity contribution in [2.24, 2.45) is 11.7 Å². The molecule has 0 aliphatic heterocycles. The van der Waals surface area contributed by atoms with E-state index in [1.54, 1.807) is 0 Å². The van der Waals surface area contributed by atoms with Gasteiger partial charge in [0.15, 0.2) is 0 Å². The molecule has 0 aromatic heterocycles. The Labute approximate surface area is 128 Å². The minimum atomic E-state index is 0.165. The van der Waals surface area contributed by atoms with Crippen LogP contribution in [0.4, 0.5) is 5.69 Å². The van der Waals surface area contributed by atoms with E-state index in [1.807, 2.05) is 12.1 Å². The molecule has 2 nitrogen and oxygen atoms in total. The molecule has 0 heterocycles. The first kappa shape index (κ1) is 15.7. The maximum atomic E-state index is 6.51. The normalized spacial score (nSPS) is 16.5. The Balaban J connectivity index is 2.26. The van der Waals surface area contributed by atoms with Crippen molar-refractivity contribution in [3.8, 4) is 0 Å². The number of nitrogens with two attached hydrogens (primary N) is 1. The van der Waals surface area contributed by atoms with Crippen molar-refractivity contribution in [2.45, 2.75) is 58.5 Å². The number of nitrogens with zero attached hydrogens (tertiary/aromatic N) is 1. The first-order valence-corrected chi connectivity index (χ1v) is 8.16. The van der Waals surface area contributed by atoms with Gasteiger partial charge in [0.1, 0.15) is 0 Å². The molecular weight excluding hydrogens is 268 g/mol. The molecule has 0 saturated heterocycles. The topological polar surface area (TPSA) is 29.3 Å². The van der Waals surface area contributed by atoms with E-state index in [0.29, 0.717) is 6.04 Å². The van der Waals surface area contributed by atoms with Gasteiger partial charge in [-0.25, -0.2) is 0 Å². The second-order valence-electron chi connectivity index (χ2n) is 6.54. The molecule has 1 unspecified atom stereocenters. The Morgan fingerprint density at radius 2 is 2.00 bits per heavy atom. The Bertz CT molecular complexity index is 439. The van der Waals surface area contributed by atoms with Crippen molar-refractivity contribution in [2.75, 3.05) is 11.4 Å². The summed E-state index contributed by atoms with van der Waals surface area (Å²) in [5.41, 5.74) is 8.52. The molecule has 2 N–H and O–H groups in total. The predicted octanol–water partition coefficient (Wildman–Crippen LogP) is 4.24. The van der Waals surface area contributed by atoms with Gasteiger partial charge in [-0.05, 0) is 50.2 Å². The summed E-state index contributed by atoms with van der Waals surface area (Å²) in [6.07, 6.45) is 4.68. The van der Waals surface area contributed by atoms with Crippen molar-refractivity contribution in [1.29, 1.82) is 0 Å². The van der Waals surface area contributed by atoms with E-state index in [4.69, 9.17) is 17.3 Å². The van der Waals surface area contributed by atoms with Crippen LogP contribution in [0, 0.1) is 5.92 Å². The van der Waals surface area contributed by atoms with Gasteiger partial charge in [-0.3, -0.25) is 0 Å². The van der Waals surface area contributed by atoms with Gasteiger partial charge in [-0.2, -0.15) is 0 Å². The Hall–Kier alpha value is -0.730. The molecule has 1 aliphatic carbocycles. The zero-order chi connectivity index (χ0) is 14.7. The fraction of sp³-hybridized carbons (Fsp3) is 0.647.